The highest BCUT2D eigenvalue weighted by Crippen LogP contribution is 2.44. The third-order valence-electron chi connectivity index (χ3n) is 5.43. The summed E-state index contributed by atoms with van der Waals surface area (Å²) < 4.78 is 10.7. The number of carbonyl (C=O) groups excluding carboxylic acids is 2. The van der Waals surface area contributed by atoms with Crippen LogP contribution in [0.1, 0.15) is 43.5 Å². The Kier molecular flexibility index (Phi) is 6.65. The lowest BCUT2D eigenvalue weighted by molar-refractivity contribution is -0.168. The quantitative estimate of drug-likeness (QED) is 0.293. The molecule has 8 nitrogen and oxygen atoms in total. The number of carbonyl (C=O) groups is 2. The van der Waals surface area contributed by atoms with Gasteiger partial charge in [-0.1, -0.05) is 53.7 Å². The molecule has 9 heteroatoms. The number of ether oxygens (including phenoxy) is 2. The first-order valence-electron chi connectivity index (χ1n) is 10.8. The maximum Gasteiger partial charge on any atom is 0.362 e. The van der Waals surface area contributed by atoms with Crippen LogP contribution < -0.4 is 5.73 Å². The van der Waals surface area contributed by atoms with Gasteiger partial charge in [-0.05, 0) is 43.0 Å². The number of hydrogen-bond donors (Lipinski definition) is 1. The van der Waals surface area contributed by atoms with Gasteiger partial charge < -0.3 is 20.0 Å². The molecule has 0 saturated carbocycles. The molecule has 2 aromatic carbocycles. The van der Waals surface area contributed by atoms with Crippen molar-refractivity contribution in [3.63, 3.8) is 0 Å². The van der Waals surface area contributed by atoms with Gasteiger partial charge >= 0.3 is 11.9 Å². The van der Waals surface area contributed by atoms with Gasteiger partial charge in [-0.15, -0.1) is 11.3 Å². The van der Waals surface area contributed by atoms with Crippen LogP contribution in [-0.4, -0.2) is 41.4 Å². The molecule has 0 radical (unpaired) electrons. The van der Waals surface area contributed by atoms with Gasteiger partial charge in [0.25, 0.3) is 0 Å². The van der Waals surface area contributed by atoms with Crippen molar-refractivity contribution in [2.24, 2.45) is 5.16 Å². The molecular formula is C25H25N3O5S. The van der Waals surface area contributed by atoms with Crippen LogP contribution in [0.4, 0.5) is 5.13 Å². The molecule has 4 rings (SSSR count). The molecule has 0 amide bonds. The Morgan fingerprint density at radius 3 is 2.24 bits per heavy atom. The lowest BCUT2D eigenvalue weighted by Crippen LogP contribution is -2.36. The van der Waals surface area contributed by atoms with Gasteiger partial charge in [-0.3, -0.25) is 0 Å². The Balaban J connectivity index is 1.57. The Hall–Kier alpha value is -3.72. The maximum absolute atomic E-state index is 13.1. The van der Waals surface area contributed by atoms with Crippen LogP contribution in [0.2, 0.25) is 0 Å². The first-order valence-corrected chi connectivity index (χ1v) is 11.7. The van der Waals surface area contributed by atoms with E-state index in [9.17, 15) is 9.59 Å². The van der Waals surface area contributed by atoms with E-state index in [4.69, 9.17) is 20.0 Å². The zero-order valence-corrected chi connectivity index (χ0v) is 19.9. The number of nitrogens with two attached hydrogens (primary N) is 1. The third-order valence-corrected chi connectivity index (χ3v) is 6.11. The number of aromatic nitrogens is 1. The number of nitrogens with zero attached hydrogens (tertiary/aromatic N) is 2. The number of nitrogen functional groups attached to an aromatic ring is 1. The molecule has 3 aromatic rings. The summed E-state index contributed by atoms with van der Waals surface area (Å²) in [4.78, 5) is 34.8. The number of hydrogen-bond acceptors (Lipinski definition) is 9. The molecule has 34 heavy (non-hydrogen) atoms. The molecule has 0 saturated heterocycles. The fourth-order valence-electron chi connectivity index (χ4n) is 3.75. The largest absolute Gasteiger partial charge is 0.463 e. The second kappa shape index (κ2) is 9.64. The van der Waals surface area contributed by atoms with Crippen molar-refractivity contribution in [2.75, 3.05) is 18.9 Å². The zero-order valence-electron chi connectivity index (χ0n) is 19.1. The second-order valence-corrected chi connectivity index (χ2v) is 9.05. The summed E-state index contributed by atoms with van der Waals surface area (Å²) in [6.45, 7) is 4.99. The zero-order chi connectivity index (χ0) is 24.3. The number of oxime groups is 1. The van der Waals surface area contributed by atoms with Crippen molar-refractivity contribution in [3.8, 4) is 11.1 Å². The molecule has 0 atom stereocenters. The van der Waals surface area contributed by atoms with E-state index in [1.54, 1.807) is 12.3 Å². The van der Waals surface area contributed by atoms with Gasteiger partial charge in [0.15, 0.2) is 5.13 Å². The number of fused-ring (bicyclic) bond motifs is 3. The van der Waals surface area contributed by atoms with E-state index in [0.29, 0.717) is 0 Å². The Morgan fingerprint density at radius 1 is 1.06 bits per heavy atom. The Labute approximate surface area is 201 Å². The molecule has 0 aliphatic heterocycles. The van der Waals surface area contributed by atoms with Crippen LogP contribution in [0, 0.1) is 0 Å². The summed E-state index contributed by atoms with van der Waals surface area (Å²) in [7, 11) is 0. The Morgan fingerprint density at radius 2 is 1.68 bits per heavy atom. The van der Waals surface area contributed by atoms with E-state index in [-0.39, 0.29) is 35.7 Å². The summed E-state index contributed by atoms with van der Waals surface area (Å²) in [5.41, 5.74) is 8.80. The van der Waals surface area contributed by atoms with Gasteiger partial charge in [-0.25, -0.2) is 14.6 Å². The van der Waals surface area contributed by atoms with E-state index in [0.717, 1.165) is 33.6 Å². The highest BCUT2D eigenvalue weighted by Gasteiger charge is 2.34. The molecule has 1 aliphatic rings. The highest BCUT2D eigenvalue weighted by atomic mass is 32.1. The number of esters is 2. The molecule has 2 N–H and O–H groups in total. The summed E-state index contributed by atoms with van der Waals surface area (Å²) in [6, 6.07) is 16.1. The van der Waals surface area contributed by atoms with Gasteiger partial charge in [0, 0.05) is 11.3 Å². The van der Waals surface area contributed by atoms with E-state index in [1.165, 1.54) is 13.8 Å². The Bertz CT molecular complexity index is 1210. The second-order valence-electron chi connectivity index (χ2n) is 8.16. The number of rotatable bonds is 8. The monoisotopic (exact) mass is 479 g/mol. The summed E-state index contributed by atoms with van der Waals surface area (Å²) in [5.74, 6) is -1.45. The van der Waals surface area contributed by atoms with Crippen molar-refractivity contribution >= 4 is 34.1 Å². The van der Waals surface area contributed by atoms with Crippen molar-refractivity contribution in [2.45, 2.75) is 32.3 Å². The van der Waals surface area contributed by atoms with Crippen LogP contribution in [-0.2, 0) is 23.9 Å². The smallest absolute Gasteiger partial charge is 0.362 e. The van der Waals surface area contributed by atoms with Crippen LogP contribution >= 0.6 is 11.3 Å². The van der Waals surface area contributed by atoms with Gasteiger partial charge in [0.05, 0.1) is 6.61 Å². The molecule has 1 heterocycles. The predicted molar refractivity (Wildman–Crippen MR) is 130 cm³/mol. The molecule has 176 valence electrons. The fraction of sp³-hybridized carbons (Fsp3) is 0.280. The molecular weight excluding hydrogens is 454 g/mol. The van der Waals surface area contributed by atoms with E-state index < -0.39 is 17.5 Å². The number of anilines is 1. The van der Waals surface area contributed by atoms with Crippen LogP contribution in [0.3, 0.4) is 0 Å². The SMILES string of the molecule is CCOC(=O)C(C)(C)O/N=C(/C(=O)OCC1c2ccccc2-c2ccccc21)c1csc(N)n1. The molecule has 1 aliphatic carbocycles. The maximum atomic E-state index is 13.1. The predicted octanol–water partition coefficient (Wildman–Crippen LogP) is 4.14. The first-order chi connectivity index (χ1) is 16.3. The van der Waals surface area contributed by atoms with Crippen molar-refractivity contribution < 1.29 is 23.9 Å². The van der Waals surface area contributed by atoms with Crippen LogP contribution in [0.25, 0.3) is 11.1 Å². The van der Waals surface area contributed by atoms with Crippen LogP contribution in [0.5, 0.6) is 0 Å². The first kappa shape index (κ1) is 23.4. The van der Waals surface area contributed by atoms with Crippen molar-refractivity contribution in [1.29, 1.82) is 0 Å². The number of thiazole rings is 1. The average Bonchev–Trinajstić information content (AvgIpc) is 3.39. The highest BCUT2D eigenvalue weighted by molar-refractivity contribution is 7.13. The topological polar surface area (TPSA) is 113 Å². The molecule has 0 fully saturated rings. The van der Waals surface area contributed by atoms with Gasteiger partial charge in [-0.2, -0.15) is 0 Å². The minimum atomic E-state index is -1.41. The fourth-order valence-corrected chi connectivity index (χ4v) is 4.30. The molecule has 0 bridgehead atoms. The lowest BCUT2D eigenvalue weighted by Gasteiger charge is -2.20. The van der Waals surface area contributed by atoms with E-state index in [2.05, 4.69) is 22.3 Å². The number of benzene rings is 2. The summed E-state index contributed by atoms with van der Waals surface area (Å²) in [6.07, 6.45) is 0. The van der Waals surface area contributed by atoms with E-state index in [1.807, 2.05) is 36.4 Å². The normalized spacial score (nSPS) is 13.2. The molecule has 0 spiro atoms. The standard InChI is InChI=1S/C25H25N3O5S/c1-4-31-23(30)25(2,3)33-28-21(20-14-34-24(26)27-20)22(29)32-13-19-17-11-7-5-9-15(17)16-10-6-8-12-18(16)19/h5-12,14,19H,4,13H2,1-3H3,(H2,26,27)/b28-21+. The van der Waals surface area contributed by atoms with Crippen LogP contribution in [0.15, 0.2) is 59.1 Å². The minimum Gasteiger partial charge on any atom is -0.463 e. The van der Waals surface area contributed by atoms with E-state index >= 15 is 0 Å². The van der Waals surface area contributed by atoms with Gasteiger partial charge in [0.2, 0.25) is 11.3 Å². The van der Waals surface area contributed by atoms with Crippen molar-refractivity contribution in [3.05, 3.63) is 70.7 Å². The van der Waals surface area contributed by atoms with Crippen molar-refractivity contribution in [1.82, 2.24) is 4.98 Å². The summed E-state index contributed by atoms with van der Waals surface area (Å²) >= 11 is 1.15. The molecule has 1 aromatic heterocycles. The summed E-state index contributed by atoms with van der Waals surface area (Å²) in [5, 5.41) is 5.79. The molecule has 0 unspecified atom stereocenters. The average molecular weight is 480 g/mol. The minimum absolute atomic E-state index is 0.104. The van der Waals surface area contributed by atoms with Gasteiger partial charge in [0.1, 0.15) is 12.3 Å². The third kappa shape index (κ3) is 4.65. The lowest BCUT2D eigenvalue weighted by atomic mass is 9.98.